The van der Waals surface area contributed by atoms with Crippen LogP contribution in [0.2, 0.25) is 0 Å². The summed E-state index contributed by atoms with van der Waals surface area (Å²) in [6.07, 6.45) is 1.93. The number of aryl methyl sites for hydroxylation is 1. The highest BCUT2D eigenvalue weighted by Gasteiger charge is 2.03. The molecular weight excluding hydrogens is 330 g/mol. The van der Waals surface area contributed by atoms with Gasteiger partial charge in [0.25, 0.3) is 0 Å². The highest BCUT2D eigenvalue weighted by molar-refractivity contribution is 9.10. The van der Waals surface area contributed by atoms with Crippen LogP contribution in [0.15, 0.2) is 64.5 Å². The summed E-state index contributed by atoms with van der Waals surface area (Å²) in [6, 6.07) is 14.8. The van der Waals surface area contributed by atoms with Crippen LogP contribution in [0.3, 0.4) is 0 Å². The van der Waals surface area contributed by atoms with Gasteiger partial charge in [0.1, 0.15) is 0 Å². The van der Waals surface area contributed by atoms with Crippen molar-refractivity contribution in [1.29, 1.82) is 0 Å². The smallest absolute Gasteiger partial charge is 0.0481 e. The van der Waals surface area contributed by atoms with Gasteiger partial charge in [-0.3, -0.25) is 0 Å². The molecule has 0 aromatic heterocycles. The van der Waals surface area contributed by atoms with Gasteiger partial charge >= 0.3 is 0 Å². The number of anilines is 1. The van der Waals surface area contributed by atoms with E-state index in [0.29, 0.717) is 0 Å². The molecule has 0 aliphatic carbocycles. The third-order valence-electron chi connectivity index (χ3n) is 2.92. The van der Waals surface area contributed by atoms with Crippen LogP contribution < -0.4 is 5.32 Å². The van der Waals surface area contributed by atoms with Crippen molar-refractivity contribution in [3.63, 3.8) is 0 Å². The van der Waals surface area contributed by atoms with E-state index in [0.717, 1.165) is 16.8 Å². The second-order valence-corrected chi connectivity index (χ2v) is 6.46. The molecule has 2 rings (SSSR count). The third kappa shape index (κ3) is 4.15. The average molecular weight is 348 g/mol. The molecule has 0 aliphatic rings. The van der Waals surface area contributed by atoms with E-state index in [2.05, 4.69) is 77.2 Å². The zero-order valence-electron chi connectivity index (χ0n) is 11.5. The topological polar surface area (TPSA) is 12.0 Å². The van der Waals surface area contributed by atoms with Crippen molar-refractivity contribution in [3.05, 3.63) is 70.7 Å². The Morgan fingerprint density at radius 3 is 2.80 bits per heavy atom. The maximum absolute atomic E-state index is 3.77. The molecule has 0 heterocycles. The number of halogens is 1. The van der Waals surface area contributed by atoms with Gasteiger partial charge in [-0.25, -0.2) is 0 Å². The van der Waals surface area contributed by atoms with Crippen molar-refractivity contribution < 1.29 is 0 Å². The zero-order valence-corrected chi connectivity index (χ0v) is 13.9. The molecule has 0 unspecified atom stereocenters. The lowest BCUT2D eigenvalue weighted by atomic mass is 10.1. The Bertz CT molecular complexity index is 595. The van der Waals surface area contributed by atoms with E-state index in [9.17, 15) is 0 Å². The molecule has 0 radical (unpaired) electrons. The quantitative estimate of drug-likeness (QED) is 0.535. The van der Waals surface area contributed by atoms with Crippen molar-refractivity contribution in [2.24, 2.45) is 0 Å². The highest BCUT2D eigenvalue weighted by atomic mass is 79.9. The molecule has 1 nitrogen and oxygen atoms in total. The van der Waals surface area contributed by atoms with Gasteiger partial charge in [0, 0.05) is 27.4 Å². The molecule has 0 bridgehead atoms. The van der Waals surface area contributed by atoms with E-state index in [1.807, 2.05) is 6.08 Å². The van der Waals surface area contributed by atoms with Crippen LogP contribution in [-0.2, 0) is 6.54 Å². The van der Waals surface area contributed by atoms with Crippen LogP contribution in [0.5, 0.6) is 0 Å². The summed E-state index contributed by atoms with van der Waals surface area (Å²) in [7, 11) is 0. The Balaban J connectivity index is 2.08. The lowest BCUT2D eigenvalue weighted by Gasteiger charge is -2.12. The SMILES string of the molecule is C=CCSc1ccccc1NCc1ccc(C)cc1Br. The summed E-state index contributed by atoms with van der Waals surface area (Å²) in [5.41, 5.74) is 3.70. The first-order valence-corrected chi connectivity index (χ1v) is 8.30. The van der Waals surface area contributed by atoms with E-state index in [1.54, 1.807) is 11.8 Å². The van der Waals surface area contributed by atoms with Crippen molar-refractivity contribution in [3.8, 4) is 0 Å². The van der Waals surface area contributed by atoms with Gasteiger partial charge < -0.3 is 5.32 Å². The molecular formula is C17H18BrNS. The van der Waals surface area contributed by atoms with Gasteiger partial charge in [-0.15, -0.1) is 18.3 Å². The fourth-order valence-electron chi connectivity index (χ4n) is 1.87. The number of para-hydroxylation sites is 1. The molecule has 0 fully saturated rings. The lowest BCUT2D eigenvalue weighted by Crippen LogP contribution is -2.01. The van der Waals surface area contributed by atoms with Gasteiger partial charge in [-0.1, -0.05) is 46.3 Å². The average Bonchev–Trinajstić information content (AvgIpc) is 2.45. The number of benzene rings is 2. The summed E-state index contributed by atoms with van der Waals surface area (Å²) >= 11 is 5.42. The van der Waals surface area contributed by atoms with Crippen molar-refractivity contribution in [1.82, 2.24) is 0 Å². The predicted octanol–water partition coefficient (Wildman–Crippen LogP) is 5.65. The first-order valence-electron chi connectivity index (χ1n) is 6.52. The van der Waals surface area contributed by atoms with Crippen LogP contribution in [0.1, 0.15) is 11.1 Å². The molecule has 2 aromatic rings. The summed E-state index contributed by atoms with van der Waals surface area (Å²) < 4.78 is 1.15. The number of hydrogen-bond donors (Lipinski definition) is 1. The molecule has 0 saturated heterocycles. The molecule has 1 N–H and O–H groups in total. The molecule has 20 heavy (non-hydrogen) atoms. The maximum atomic E-state index is 3.77. The summed E-state index contributed by atoms with van der Waals surface area (Å²) in [6.45, 7) is 6.68. The van der Waals surface area contributed by atoms with Gasteiger partial charge in [-0.05, 0) is 36.2 Å². The predicted molar refractivity (Wildman–Crippen MR) is 93.6 cm³/mol. The van der Waals surface area contributed by atoms with Crippen LogP contribution in [0.4, 0.5) is 5.69 Å². The molecule has 2 aromatic carbocycles. The standard InChI is InChI=1S/C17H18BrNS/c1-3-10-20-17-7-5-4-6-16(17)19-12-14-9-8-13(2)11-15(14)18/h3-9,11,19H,1,10,12H2,2H3. The number of nitrogens with one attached hydrogen (secondary N) is 1. The van der Waals surface area contributed by atoms with Crippen molar-refractivity contribution in [2.75, 3.05) is 11.1 Å². The first kappa shape index (κ1) is 15.2. The normalized spacial score (nSPS) is 10.3. The van der Waals surface area contributed by atoms with Crippen molar-refractivity contribution in [2.45, 2.75) is 18.4 Å². The maximum Gasteiger partial charge on any atom is 0.0481 e. The van der Waals surface area contributed by atoms with E-state index in [4.69, 9.17) is 0 Å². The highest BCUT2D eigenvalue weighted by Crippen LogP contribution is 2.28. The fraction of sp³-hybridized carbons (Fsp3) is 0.176. The van der Waals surface area contributed by atoms with Crippen LogP contribution >= 0.6 is 27.7 Å². The monoisotopic (exact) mass is 347 g/mol. The minimum Gasteiger partial charge on any atom is -0.380 e. The van der Waals surface area contributed by atoms with Crippen LogP contribution in [0.25, 0.3) is 0 Å². The van der Waals surface area contributed by atoms with E-state index < -0.39 is 0 Å². The second-order valence-electron chi connectivity index (χ2n) is 4.54. The first-order chi connectivity index (χ1) is 9.70. The Kier molecular flexibility index (Phi) is 5.74. The summed E-state index contributed by atoms with van der Waals surface area (Å²) in [4.78, 5) is 1.26. The van der Waals surface area contributed by atoms with E-state index >= 15 is 0 Å². The van der Waals surface area contributed by atoms with Gasteiger partial charge in [0.05, 0.1) is 0 Å². The Morgan fingerprint density at radius 1 is 1.25 bits per heavy atom. The Morgan fingerprint density at radius 2 is 2.05 bits per heavy atom. The van der Waals surface area contributed by atoms with Gasteiger partial charge in [0.2, 0.25) is 0 Å². The Hall–Kier alpha value is -1.19. The molecule has 3 heteroatoms. The molecule has 0 atom stereocenters. The lowest BCUT2D eigenvalue weighted by molar-refractivity contribution is 1.12. The molecule has 0 amide bonds. The zero-order chi connectivity index (χ0) is 14.4. The van der Waals surface area contributed by atoms with Crippen LogP contribution in [-0.4, -0.2) is 5.75 Å². The Labute approximate surface area is 133 Å². The minimum atomic E-state index is 0.812. The number of thioether (sulfide) groups is 1. The van der Waals surface area contributed by atoms with E-state index in [1.165, 1.54) is 21.7 Å². The number of rotatable bonds is 6. The van der Waals surface area contributed by atoms with Crippen molar-refractivity contribution >= 4 is 33.4 Å². The summed E-state index contributed by atoms with van der Waals surface area (Å²) in [5.74, 6) is 0.924. The number of hydrogen-bond acceptors (Lipinski definition) is 2. The summed E-state index contributed by atoms with van der Waals surface area (Å²) in [5, 5.41) is 3.51. The molecule has 104 valence electrons. The van der Waals surface area contributed by atoms with Gasteiger partial charge in [0.15, 0.2) is 0 Å². The largest absolute Gasteiger partial charge is 0.380 e. The third-order valence-corrected chi connectivity index (χ3v) is 4.73. The van der Waals surface area contributed by atoms with Gasteiger partial charge in [-0.2, -0.15) is 0 Å². The van der Waals surface area contributed by atoms with E-state index in [-0.39, 0.29) is 0 Å². The molecule has 0 aliphatic heterocycles. The molecule has 0 saturated carbocycles. The minimum absolute atomic E-state index is 0.812. The second kappa shape index (κ2) is 7.55. The van der Waals surface area contributed by atoms with Crippen LogP contribution in [0, 0.1) is 6.92 Å². The molecule has 0 spiro atoms. The fourth-order valence-corrected chi connectivity index (χ4v) is 3.27.